The van der Waals surface area contributed by atoms with E-state index in [2.05, 4.69) is 36.5 Å². The highest BCUT2D eigenvalue weighted by Crippen LogP contribution is 2.38. The van der Waals surface area contributed by atoms with E-state index in [1.807, 2.05) is 0 Å². The number of benzene rings is 1. The molecule has 3 unspecified atom stereocenters. The highest BCUT2D eigenvalue weighted by Gasteiger charge is 2.38. The number of nitrogens with one attached hydrogen (secondary N) is 1. The van der Waals surface area contributed by atoms with Gasteiger partial charge in [0.25, 0.3) is 0 Å². The molecule has 1 saturated carbocycles. The van der Waals surface area contributed by atoms with Crippen LogP contribution in [-0.4, -0.2) is 19.2 Å². The molecule has 20 heavy (non-hydrogen) atoms. The zero-order valence-corrected chi connectivity index (χ0v) is 12.6. The van der Waals surface area contributed by atoms with Gasteiger partial charge >= 0.3 is 0 Å². The first kappa shape index (κ1) is 13.9. The Balaban J connectivity index is 1.48. The summed E-state index contributed by atoms with van der Waals surface area (Å²) in [6.45, 7) is 4.22. The molecule has 1 heterocycles. The molecule has 2 aliphatic rings. The SMILES string of the molecule is CCCOc1ccc(CCC2NCC3CCCC32)cc1. The molecule has 3 rings (SSSR count). The first-order chi connectivity index (χ1) is 9.86. The molecular formula is C18H27NO. The van der Waals surface area contributed by atoms with Gasteiger partial charge in [-0.2, -0.15) is 0 Å². The molecule has 1 aliphatic carbocycles. The quantitative estimate of drug-likeness (QED) is 0.851. The van der Waals surface area contributed by atoms with Gasteiger partial charge in [-0.25, -0.2) is 0 Å². The van der Waals surface area contributed by atoms with Crippen molar-refractivity contribution < 1.29 is 4.74 Å². The molecule has 1 N–H and O–H groups in total. The normalized spacial score (nSPS) is 28.6. The van der Waals surface area contributed by atoms with E-state index in [1.165, 1.54) is 44.2 Å². The van der Waals surface area contributed by atoms with E-state index in [9.17, 15) is 0 Å². The first-order valence-electron chi connectivity index (χ1n) is 8.32. The lowest BCUT2D eigenvalue weighted by Gasteiger charge is -2.18. The number of fused-ring (bicyclic) bond motifs is 1. The van der Waals surface area contributed by atoms with E-state index >= 15 is 0 Å². The largest absolute Gasteiger partial charge is 0.494 e. The summed E-state index contributed by atoms with van der Waals surface area (Å²) >= 11 is 0. The lowest BCUT2D eigenvalue weighted by molar-refractivity contribution is 0.317. The van der Waals surface area contributed by atoms with Gasteiger partial charge in [0.2, 0.25) is 0 Å². The maximum Gasteiger partial charge on any atom is 0.119 e. The molecule has 3 atom stereocenters. The summed E-state index contributed by atoms with van der Waals surface area (Å²) in [7, 11) is 0. The molecule has 110 valence electrons. The van der Waals surface area contributed by atoms with Gasteiger partial charge in [0, 0.05) is 6.04 Å². The van der Waals surface area contributed by atoms with Crippen LogP contribution >= 0.6 is 0 Å². The third-order valence-electron chi connectivity index (χ3n) is 5.02. The Labute approximate surface area is 122 Å². The van der Waals surface area contributed by atoms with E-state index in [4.69, 9.17) is 4.74 Å². The summed E-state index contributed by atoms with van der Waals surface area (Å²) in [4.78, 5) is 0. The molecule has 2 heteroatoms. The smallest absolute Gasteiger partial charge is 0.119 e. The molecule has 0 spiro atoms. The predicted molar refractivity (Wildman–Crippen MR) is 83.2 cm³/mol. The molecule has 2 fully saturated rings. The minimum Gasteiger partial charge on any atom is -0.494 e. The van der Waals surface area contributed by atoms with E-state index in [-0.39, 0.29) is 0 Å². The van der Waals surface area contributed by atoms with Crippen molar-refractivity contribution in [3.05, 3.63) is 29.8 Å². The van der Waals surface area contributed by atoms with Crippen LogP contribution in [0.15, 0.2) is 24.3 Å². The fraction of sp³-hybridized carbons (Fsp3) is 0.667. The van der Waals surface area contributed by atoms with Crippen LogP contribution in [0.3, 0.4) is 0 Å². The van der Waals surface area contributed by atoms with Crippen LogP contribution in [0.2, 0.25) is 0 Å². The van der Waals surface area contributed by atoms with Gasteiger partial charge in [0.15, 0.2) is 0 Å². The Morgan fingerprint density at radius 1 is 1.20 bits per heavy atom. The van der Waals surface area contributed by atoms with Gasteiger partial charge < -0.3 is 10.1 Å². The fourth-order valence-corrected chi connectivity index (χ4v) is 3.91. The number of aryl methyl sites for hydroxylation is 1. The van der Waals surface area contributed by atoms with Crippen LogP contribution in [0.1, 0.15) is 44.6 Å². The average Bonchev–Trinajstić information content (AvgIpc) is 3.08. The van der Waals surface area contributed by atoms with Crippen molar-refractivity contribution >= 4 is 0 Å². The topological polar surface area (TPSA) is 21.3 Å². The molecule has 1 aliphatic heterocycles. The first-order valence-corrected chi connectivity index (χ1v) is 8.32. The van der Waals surface area contributed by atoms with Gasteiger partial charge in [-0.05, 0) is 68.2 Å². The van der Waals surface area contributed by atoms with Gasteiger partial charge in [0.1, 0.15) is 5.75 Å². The molecular weight excluding hydrogens is 246 g/mol. The van der Waals surface area contributed by atoms with Crippen molar-refractivity contribution in [3.8, 4) is 5.75 Å². The average molecular weight is 273 g/mol. The van der Waals surface area contributed by atoms with Crippen LogP contribution in [0.5, 0.6) is 5.75 Å². The molecule has 0 aromatic heterocycles. The maximum atomic E-state index is 5.63. The summed E-state index contributed by atoms with van der Waals surface area (Å²) in [5.41, 5.74) is 1.44. The van der Waals surface area contributed by atoms with Crippen molar-refractivity contribution in [2.24, 2.45) is 11.8 Å². The third kappa shape index (κ3) is 3.17. The Bertz CT molecular complexity index is 414. The zero-order valence-electron chi connectivity index (χ0n) is 12.6. The monoisotopic (exact) mass is 273 g/mol. The summed E-state index contributed by atoms with van der Waals surface area (Å²) < 4.78 is 5.63. The standard InChI is InChI=1S/C18H27NO/c1-2-12-20-16-9-6-14(7-10-16)8-11-18-17-5-3-4-15(17)13-19-18/h6-7,9-10,15,17-19H,2-5,8,11-13H2,1H3. The Morgan fingerprint density at radius 3 is 2.85 bits per heavy atom. The van der Waals surface area contributed by atoms with Crippen LogP contribution in [-0.2, 0) is 6.42 Å². The molecule has 1 saturated heterocycles. The summed E-state index contributed by atoms with van der Waals surface area (Å²) in [5, 5.41) is 3.74. The van der Waals surface area contributed by atoms with Crippen LogP contribution < -0.4 is 10.1 Å². The van der Waals surface area contributed by atoms with Crippen molar-refractivity contribution in [1.29, 1.82) is 0 Å². The van der Waals surface area contributed by atoms with Crippen LogP contribution in [0.25, 0.3) is 0 Å². The van der Waals surface area contributed by atoms with Crippen LogP contribution in [0, 0.1) is 11.8 Å². The van der Waals surface area contributed by atoms with E-state index in [1.54, 1.807) is 0 Å². The van der Waals surface area contributed by atoms with Crippen molar-refractivity contribution in [2.75, 3.05) is 13.2 Å². The van der Waals surface area contributed by atoms with Gasteiger partial charge in [-0.3, -0.25) is 0 Å². The molecule has 1 aromatic rings. The second-order valence-electron chi connectivity index (χ2n) is 6.40. The molecule has 2 nitrogen and oxygen atoms in total. The van der Waals surface area contributed by atoms with Crippen molar-refractivity contribution in [2.45, 2.75) is 51.5 Å². The predicted octanol–water partition coefficient (Wildman–Crippen LogP) is 3.80. The number of hydrogen-bond acceptors (Lipinski definition) is 2. The maximum absolute atomic E-state index is 5.63. The summed E-state index contributed by atoms with van der Waals surface area (Å²) in [6, 6.07) is 9.45. The molecule has 0 radical (unpaired) electrons. The minimum absolute atomic E-state index is 0.763. The van der Waals surface area contributed by atoms with E-state index in [0.29, 0.717) is 0 Å². The van der Waals surface area contributed by atoms with Crippen molar-refractivity contribution in [1.82, 2.24) is 5.32 Å². The summed E-state index contributed by atoms with van der Waals surface area (Å²) in [5.74, 6) is 2.94. The van der Waals surface area contributed by atoms with Gasteiger partial charge in [-0.1, -0.05) is 25.5 Å². The van der Waals surface area contributed by atoms with Gasteiger partial charge in [0.05, 0.1) is 6.61 Å². The zero-order chi connectivity index (χ0) is 13.8. The van der Waals surface area contributed by atoms with Gasteiger partial charge in [-0.15, -0.1) is 0 Å². The highest BCUT2D eigenvalue weighted by atomic mass is 16.5. The highest BCUT2D eigenvalue weighted by molar-refractivity contribution is 5.27. The Morgan fingerprint density at radius 2 is 2.05 bits per heavy atom. The third-order valence-corrected chi connectivity index (χ3v) is 5.02. The molecule has 1 aromatic carbocycles. The Hall–Kier alpha value is -1.02. The van der Waals surface area contributed by atoms with E-state index < -0.39 is 0 Å². The lowest BCUT2D eigenvalue weighted by Crippen LogP contribution is -2.27. The molecule has 0 bridgehead atoms. The minimum atomic E-state index is 0.763. The number of ether oxygens (including phenoxy) is 1. The Kier molecular flexibility index (Phi) is 4.62. The fourth-order valence-electron chi connectivity index (χ4n) is 3.91. The second kappa shape index (κ2) is 6.62. The lowest BCUT2D eigenvalue weighted by atomic mass is 9.90. The number of hydrogen-bond donors (Lipinski definition) is 1. The van der Waals surface area contributed by atoms with E-state index in [0.717, 1.165) is 36.7 Å². The van der Waals surface area contributed by atoms with Crippen LogP contribution in [0.4, 0.5) is 0 Å². The second-order valence-corrected chi connectivity index (χ2v) is 6.40. The summed E-state index contributed by atoms with van der Waals surface area (Å²) in [6.07, 6.45) is 7.91. The number of rotatable bonds is 6. The van der Waals surface area contributed by atoms with Crippen molar-refractivity contribution in [3.63, 3.8) is 0 Å². The molecule has 0 amide bonds.